The number of phenols is 1. The molecule has 2 aromatic carbocycles. The molecule has 1 aliphatic carbocycles. The summed E-state index contributed by atoms with van der Waals surface area (Å²) in [6, 6.07) is 5.69. The summed E-state index contributed by atoms with van der Waals surface area (Å²) in [6.07, 6.45) is -1.36. The minimum absolute atomic E-state index is 0.00991. The van der Waals surface area contributed by atoms with Crippen LogP contribution in [-0.4, -0.2) is 72.4 Å². The third-order valence-electron chi connectivity index (χ3n) is 7.45. The van der Waals surface area contributed by atoms with Gasteiger partial charge < -0.3 is 39.6 Å². The average molecular weight is 590 g/mol. The van der Waals surface area contributed by atoms with Gasteiger partial charge in [-0.2, -0.15) is 0 Å². The Morgan fingerprint density at radius 2 is 1.78 bits per heavy atom. The van der Waals surface area contributed by atoms with Gasteiger partial charge in [-0.3, -0.25) is 14.4 Å². The highest BCUT2D eigenvalue weighted by Crippen LogP contribution is 2.56. The summed E-state index contributed by atoms with van der Waals surface area (Å²) in [4.78, 5) is 40.7. The number of rotatable bonds is 9. The maximum Gasteiger partial charge on any atom is 0.231 e. The van der Waals surface area contributed by atoms with E-state index in [1.165, 1.54) is 52.5 Å². The summed E-state index contributed by atoms with van der Waals surface area (Å²) in [7, 11) is 4.09. The number of methoxy groups -OCH3 is 3. The zero-order valence-corrected chi connectivity index (χ0v) is 24.0. The molecule has 11 nitrogen and oxygen atoms in total. The Hall–Kier alpha value is -3.96. The van der Waals surface area contributed by atoms with Crippen molar-refractivity contribution < 1.29 is 48.7 Å². The van der Waals surface area contributed by atoms with E-state index >= 15 is 0 Å². The zero-order chi connectivity index (χ0) is 30.2. The summed E-state index contributed by atoms with van der Waals surface area (Å²) < 4.78 is 22.1. The first-order valence-electron chi connectivity index (χ1n) is 12.9. The molecule has 0 radical (unpaired) electrons. The van der Waals surface area contributed by atoms with Gasteiger partial charge in [0.1, 0.15) is 22.1 Å². The molecule has 0 saturated heterocycles. The van der Waals surface area contributed by atoms with Crippen molar-refractivity contribution in [2.24, 2.45) is 5.92 Å². The van der Waals surface area contributed by atoms with Crippen molar-refractivity contribution in [3.63, 3.8) is 0 Å². The van der Waals surface area contributed by atoms with E-state index in [4.69, 9.17) is 30.5 Å². The number of amides is 1. The number of ketones is 2. The molecule has 1 aliphatic heterocycles. The molecule has 0 fully saturated rings. The lowest BCUT2D eigenvalue weighted by molar-refractivity contribution is -0.122. The van der Waals surface area contributed by atoms with Gasteiger partial charge in [-0.1, -0.05) is 24.6 Å². The summed E-state index contributed by atoms with van der Waals surface area (Å²) in [5, 5.41) is 34.2. The van der Waals surface area contributed by atoms with Crippen molar-refractivity contribution in [3.05, 3.63) is 51.7 Å². The predicted molar refractivity (Wildman–Crippen MR) is 147 cm³/mol. The highest BCUT2D eigenvalue weighted by molar-refractivity contribution is 6.35. The fourth-order valence-electron chi connectivity index (χ4n) is 5.36. The van der Waals surface area contributed by atoms with Crippen molar-refractivity contribution in [3.8, 4) is 28.7 Å². The van der Waals surface area contributed by atoms with Gasteiger partial charge in [0.15, 0.2) is 28.8 Å². The average Bonchev–Trinajstić information content (AvgIpc) is 3.25. The molecule has 1 heterocycles. The van der Waals surface area contributed by atoms with Crippen LogP contribution in [0, 0.1) is 5.92 Å². The van der Waals surface area contributed by atoms with Crippen LogP contribution in [0.5, 0.6) is 28.7 Å². The molecular weight excluding hydrogens is 558 g/mol. The second-order valence-electron chi connectivity index (χ2n) is 10.1. The zero-order valence-electron chi connectivity index (χ0n) is 23.2. The smallest absolute Gasteiger partial charge is 0.231 e. The van der Waals surface area contributed by atoms with Gasteiger partial charge in [0.2, 0.25) is 17.3 Å². The molecular formula is C29H32ClNO10. The molecule has 2 aliphatic rings. The number of nitrogens with one attached hydrogen (secondary N) is 1. The molecule has 1 amide bonds. The van der Waals surface area contributed by atoms with Crippen molar-refractivity contribution in [2.75, 3.05) is 27.9 Å². The molecule has 12 heteroatoms. The van der Waals surface area contributed by atoms with E-state index in [9.17, 15) is 29.7 Å². The number of aliphatic hydroxyl groups is 2. The fourth-order valence-corrected chi connectivity index (χ4v) is 5.62. The first-order valence-corrected chi connectivity index (χ1v) is 13.3. The topological polar surface area (TPSA) is 161 Å². The van der Waals surface area contributed by atoms with Crippen LogP contribution in [0.3, 0.4) is 0 Å². The Balaban J connectivity index is 1.92. The van der Waals surface area contributed by atoms with Crippen LogP contribution in [0.2, 0.25) is 5.02 Å². The maximum atomic E-state index is 14.1. The largest absolute Gasteiger partial charge is 0.507 e. The number of aromatic hydroxyl groups is 1. The van der Waals surface area contributed by atoms with Crippen molar-refractivity contribution in [1.29, 1.82) is 0 Å². The van der Waals surface area contributed by atoms with E-state index in [0.717, 1.165) is 0 Å². The number of ether oxygens (including phenoxy) is 4. The number of fused-ring (bicyclic) bond motifs is 1. The van der Waals surface area contributed by atoms with Crippen LogP contribution < -0.4 is 24.3 Å². The molecule has 220 valence electrons. The quantitative estimate of drug-likeness (QED) is 0.341. The van der Waals surface area contributed by atoms with Crippen molar-refractivity contribution in [1.82, 2.24) is 5.32 Å². The molecule has 0 aromatic heterocycles. The van der Waals surface area contributed by atoms with Gasteiger partial charge in [-0.25, -0.2) is 0 Å². The number of benzene rings is 2. The van der Waals surface area contributed by atoms with Gasteiger partial charge in [0.05, 0.1) is 27.4 Å². The van der Waals surface area contributed by atoms with Crippen LogP contribution >= 0.6 is 11.6 Å². The Morgan fingerprint density at radius 3 is 2.39 bits per heavy atom. The van der Waals surface area contributed by atoms with E-state index in [2.05, 4.69) is 5.32 Å². The lowest BCUT2D eigenvalue weighted by atomic mass is 9.69. The van der Waals surface area contributed by atoms with Gasteiger partial charge in [0, 0.05) is 42.9 Å². The number of aliphatic hydroxyl groups excluding tert-OH is 2. The number of hydrogen-bond acceptors (Lipinski definition) is 10. The number of halogens is 1. The molecule has 4 N–H and O–H groups in total. The SMILES string of the molecule is COc1cc(C(CC(=O)NCC(C)O)C2=C(O)[C@@]3(Oc4c(Cl)c(OC)cc(OC)c4C3=O)[C@H](C)CC2=O)ccc1O. The van der Waals surface area contributed by atoms with E-state index in [1.807, 2.05) is 0 Å². The lowest BCUT2D eigenvalue weighted by Crippen LogP contribution is -2.53. The molecule has 4 rings (SSSR count). The Labute approximate surface area is 241 Å². The van der Waals surface area contributed by atoms with E-state index < -0.39 is 46.8 Å². The first kappa shape index (κ1) is 30.0. The third kappa shape index (κ3) is 5.04. The molecule has 0 saturated carbocycles. The Bertz CT molecular complexity index is 1440. The van der Waals surface area contributed by atoms with E-state index in [0.29, 0.717) is 5.56 Å². The fraction of sp³-hybridized carbons (Fsp3) is 0.414. The molecule has 4 atom stereocenters. The first-order chi connectivity index (χ1) is 19.4. The number of carbonyl (C=O) groups is 3. The molecule has 2 unspecified atom stereocenters. The number of carbonyl (C=O) groups excluding carboxylic acids is 3. The van der Waals surface area contributed by atoms with Crippen LogP contribution in [0.25, 0.3) is 0 Å². The maximum absolute atomic E-state index is 14.1. The molecule has 0 bridgehead atoms. The predicted octanol–water partition coefficient (Wildman–Crippen LogP) is 3.48. The Kier molecular flexibility index (Phi) is 8.41. The van der Waals surface area contributed by atoms with Gasteiger partial charge in [-0.15, -0.1) is 0 Å². The lowest BCUT2D eigenvalue weighted by Gasteiger charge is -2.38. The van der Waals surface area contributed by atoms with E-state index in [1.54, 1.807) is 6.92 Å². The number of hydrogen-bond donors (Lipinski definition) is 4. The van der Waals surface area contributed by atoms with Crippen molar-refractivity contribution in [2.45, 2.75) is 44.3 Å². The van der Waals surface area contributed by atoms with Crippen LogP contribution in [0.1, 0.15) is 48.5 Å². The van der Waals surface area contributed by atoms with Crippen LogP contribution in [-0.2, 0) is 9.59 Å². The molecule has 41 heavy (non-hydrogen) atoms. The minimum atomic E-state index is -2.04. The Morgan fingerprint density at radius 1 is 1.12 bits per heavy atom. The highest BCUT2D eigenvalue weighted by Gasteiger charge is 2.61. The summed E-state index contributed by atoms with van der Waals surface area (Å²) >= 11 is 6.51. The highest BCUT2D eigenvalue weighted by atomic mass is 35.5. The van der Waals surface area contributed by atoms with Gasteiger partial charge in [-0.05, 0) is 24.6 Å². The second-order valence-corrected chi connectivity index (χ2v) is 10.5. The summed E-state index contributed by atoms with van der Waals surface area (Å²) in [6.45, 7) is 3.06. The molecule has 2 aromatic rings. The number of allylic oxidation sites excluding steroid dienone is 1. The normalized spacial score (nSPS) is 21.3. The van der Waals surface area contributed by atoms with Gasteiger partial charge in [0.25, 0.3) is 0 Å². The third-order valence-corrected chi connectivity index (χ3v) is 7.81. The standard InChI is InChI=1S/C29H32ClNO10/c1-13-8-18(34)23(16(10-22(35)31-12-14(2)32)15-6-7-17(33)19(9-15)38-3)27(36)29(13)28(37)24-20(39-4)11-21(40-5)25(30)26(24)41-29/h6-7,9,11,13-14,16,32-33,36H,8,10,12H2,1-5H3,(H,31,35)/t13-,14?,16?,29+/m1/s1. The molecule has 1 spiro atoms. The number of phenolic OH excluding ortho intramolecular Hbond substituents is 1. The van der Waals surface area contributed by atoms with Crippen LogP contribution in [0.15, 0.2) is 35.6 Å². The van der Waals surface area contributed by atoms with E-state index in [-0.39, 0.29) is 64.3 Å². The minimum Gasteiger partial charge on any atom is -0.507 e. The second kappa shape index (κ2) is 11.5. The number of Topliss-reactive ketones (excluding diaryl/α,β-unsaturated/α-hetero) is 2. The van der Waals surface area contributed by atoms with Crippen LogP contribution in [0.4, 0.5) is 0 Å². The monoisotopic (exact) mass is 589 g/mol. The van der Waals surface area contributed by atoms with Gasteiger partial charge >= 0.3 is 0 Å². The van der Waals surface area contributed by atoms with Crippen molar-refractivity contribution >= 4 is 29.1 Å². The summed E-state index contributed by atoms with van der Waals surface area (Å²) in [5.41, 5.74) is -1.90. The summed E-state index contributed by atoms with van der Waals surface area (Å²) in [5.74, 6) is -4.12.